The largest absolute Gasteiger partial charge is 0.446 e. The Kier molecular flexibility index (Phi) is 21.7. The van der Waals surface area contributed by atoms with E-state index in [1.165, 1.54) is 12.1 Å². The monoisotopic (exact) mass is 1380 g/mol. The third kappa shape index (κ3) is 16.9. The van der Waals surface area contributed by atoms with Crippen LogP contribution in [-0.2, 0) is 41.1 Å². The number of nitrogens with one attached hydrogen (secondary N) is 2. The summed E-state index contributed by atoms with van der Waals surface area (Å²) in [7, 11) is 0. The number of carbonyl (C=O) groups is 4. The van der Waals surface area contributed by atoms with E-state index in [0.29, 0.717) is 73.7 Å². The van der Waals surface area contributed by atoms with E-state index >= 15 is 0 Å². The first kappa shape index (κ1) is 64.7. The lowest BCUT2D eigenvalue weighted by Gasteiger charge is -2.25. The van der Waals surface area contributed by atoms with Crippen molar-refractivity contribution in [2.24, 2.45) is 20.3 Å². The van der Waals surface area contributed by atoms with Crippen LogP contribution in [0.5, 0.6) is 0 Å². The van der Waals surface area contributed by atoms with Crippen molar-refractivity contribution in [1.29, 1.82) is 0 Å². The van der Waals surface area contributed by atoms with Crippen molar-refractivity contribution in [2.75, 3.05) is 46.7 Å². The van der Waals surface area contributed by atoms with Crippen molar-refractivity contribution in [1.82, 2.24) is 0 Å². The Morgan fingerprint density at radius 2 is 0.920 bits per heavy atom. The molecule has 0 radical (unpaired) electrons. The lowest BCUT2D eigenvalue weighted by Crippen LogP contribution is -2.41. The number of carbonyl (C=O) groups excluding carboxylic acids is 4. The van der Waals surface area contributed by atoms with Crippen LogP contribution in [0.2, 0.25) is 10.0 Å². The first-order chi connectivity index (χ1) is 42.2. The smallest absolute Gasteiger partial charge is 0.418 e. The van der Waals surface area contributed by atoms with Gasteiger partial charge in [-0.3, -0.25) is 30.2 Å². The highest BCUT2D eigenvalue weighted by Crippen LogP contribution is 2.39. The minimum Gasteiger partial charge on any atom is -0.446 e. The number of para-hydroxylation sites is 2. The van der Waals surface area contributed by atoms with Crippen LogP contribution >= 0.6 is 55.1 Å². The third-order valence-corrected chi connectivity index (χ3v) is 15.6. The summed E-state index contributed by atoms with van der Waals surface area (Å²) in [6.45, 7) is -0.265. The highest BCUT2D eigenvalue weighted by Gasteiger charge is 2.38. The molecule has 0 bridgehead atoms. The van der Waals surface area contributed by atoms with Crippen LogP contribution in [0.3, 0.4) is 0 Å². The third-order valence-electron chi connectivity index (χ3n) is 14.2. The van der Waals surface area contributed by atoms with Crippen LogP contribution in [0.25, 0.3) is 0 Å². The zero-order valence-electron chi connectivity index (χ0n) is 46.4. The lowest BCUT2D eigenvalue weighted by atomic mass is 10.00. The molecule has 4 atom stereocenters. The van der Waals surface area contributed by atoms with Gasteiger partial charge in [-0.15, -0.1) is 0 Å². The number of aliphatic imine (C=N–C) groups is 2. The van der Waals surface area contributed by atoms with Crippen molar-refractivity contribution in [3.8, 4) is 0 Å². The molecule has 16 nitrogen and oxygen atoms in total. The van der Waals surface area contributed by atoms with Crippen molar-refractivity contribution < 1.29 is 64.7 Å². The van der Waals surface area contributed by atoms with Gasteiger partial charge < -0.3 is 28.9 Å². The molecule has 0 saturated heterocycles. The predicted octanol–water partition coefficient (Wildman–Crippen LogP) is 15.7. The second-order valence-electron chi connectivity index (χ2n) is 20.3. The molecule has 0 fully saturated rings. The molecule has 0 saturated carbocycles. The number of benzene rings is 6. The van der Waals surface area contributed by atoms with Gasteiger partial charge in [-0.1, -0.05) is 131 Å². The van der Waals surface area contributed by atoms with E-state index in [1.807, 2.05) is 109 Å². The van der Waals surface area contributed by atoms with E-state index in [1.54, 1.807) is 9.80 Å². The van der Waals surface area contributed by atoms with E-state index in [9.17, 15) is 45.5 Å². The molecule has 0 aromatic heterocycles. The quantitative estimate of drug-likeness (QED) is 0.0629. The summed E-state index contributed by atoms with van der Waals surface area (Å²) in [4.78, 5) is 76.8. The number of halogens is 10. The molecule has 4 heterocycles. The Hall–Kier alpha value is -7.80. The Balaban J connectivity index is 0.000000209. The van der Waals surface area contributed by atoms with Gasteiger partial charge in [0.25, 0.3) is 11.8 Å². The van der Waals surface area contributed by atoms with Crippen LogP contribution in [0.15, 0.2) is 166 Å². The first-order valence-electron chi connectivity index (χ1n) is 27.7. The van der Waals surface area contributed by atoms with Crippen LogP contribution in [0.1, 0.15) is 84.7 Å². The van der Waals surface area contributed by atoms with Gasteiger partial charge in [-0.25, -0.2) is 9.59 Å². The average molecular weight is 1380 g/mol. The molecule has 26 heteroatoms. The molecule has 0 unspecified atom stereocenters. The summed E-state index contributed by atoms with van der Waals surface area (Å²) >= 11 is 18.2. The number of hydrogen-bond acceptors (Lipinski definition) is 12. The first-order valence-corrected chi connectivity index (χ1v) is 30.0. The number of hydrogen-bond donors (Lipinski definition) is 2. The van der Waals surface area contributed by atoms with E-state index in [4.69, 9.17) is 52.3 Å². The molecular weight excluding hydrogens is 1330 g/mol. The highest BCUT2D eigenvalue weighted by molar-refractivity contribution is 9.18. The maximum Gasteiger partial charge on any atom is 0.418 e. The number of rotatable bonds is 18. The van der Waals surface area contributed by atoms with Crippen LogP contribution in [0, 0.1) is 0 Å². The Morgan fingerprint density at radius 3 is 1.28 bits per heavy atom. The Morgan fingerprint density at radius 1 is 0.545 bits per heavy atom. The summed E-state index contributed by atoms with van der Waals surface area (Å²) in [6, 6.07) is 37.0. The number of anilines is 4. The predicted molar refractivity (Wildman–Crippen MR) is 332 cm³/mol. The fourth-order valence-electron chi connectivity index (χ4n) is 10.0. The number of oxime groups is 2. The molecule has 2 N–H and O–H groups in total. The van der Waals surface area contributed by atoms with Crippen molar-refractivity contribution in [2.45, 2.75) is 88.0 Å². The Labute approximate surface area is 528 Å². The number of unbranched alkanes of at least 4 members (excludes halogenated alkanes) is 2. The topological polar surface area (TPSA) is 185 Å². The number of nitrogens with zero attached hydrogens (tertiary/aromatic N) is 6. The minimum absolute atomic E-state index is 0.0253. The number of amides is 4. The van der Waals surface area contributed by atoms with E-state index in [2.05, 4.69) is 52.8 Å². The van der Waals surface area contributed by atoms with Crippen LogP contribution in [0.4, 0.5) is 58.7 Å². The van der Waals surface area contributed by atoms with Gasteiger partial charge in [-0.05, 0) is 119 Å². The normalized spacial score (nSPS) is 18.1. The molecule has 0 spiro atoms. The molecule has 4 aliphatic heterocycles. The zero-order valence-corrected chi connectivity index (χ0v) is 51.1. The second-order valence-corrected chi connectivity index (χ2v) is 23.0. The minimum atomic E-state index is -4.76. The zero-order chi connectivity index (χ0) is 62.5. The molecular formula is C62H54Br2Cl2F6N8O8. The Bertz CT molecular complexity index is 3410. The summed E-state index contributed by atoms with van der Waals surface area (Å²) < 4.78 is 93.3. The van der Waals surface area contributed by atoms with Gasteiger partial charge in [0.1, 0.15) is 34.7 Å². The number of fused-ring (bicyclic) bond motifs is 2. The standard InChI is InChI=1S/2C31H27BrClF3N4O4/c2*32-27-17-21(44-39-27)10-6-7-15-40-26-12-5-4-11-22(26)28(19-8-2-1-3-9-19)37-25(29(40)41)18-43-30(42)38-24-14-13-20(33)16-23(24)31(34,35)36/h2*1-5,8-9,11-14,16,21,25H,6-7,10,15,17-18H2,(H,38,42)/t21-,25+;21-,25-/m01/s1. The van der Waals surface area contributed by atoms with Gasteiger partial charge in [-0.2, -0.15) is 26.3 Å². The molecule has 10 rings (SSSR count). The van der Waals surface area contributed by atoms with E-state index in [0.717, 1.165) is 69.3 Å². The molecule has 460 valence electrons. The summed E-state index contributed by atoms with van der Waals surface area (Å²) in [6.07, 6.45) is -6.16. The fourth-order valence-corrected chi connectivity index (χ4v) is 11.2. The number of alkyl halides is 6. The fraction of sp³-hybridized carbons (Fsp3) is 0.290. The second kappa shape index (κ2) is 29.5. The van der Waals surface area contributed by atoms with Gasteiger partial charge in [0, 0.05) is 58.2 Å². The van der Waals surface area contributed by atoms with Gasteiger partial charge in [0.15, 0.2) is 12.1 Å². The molecule has 4 amide bonds. The SMILES string of the molecule is O=C(Nc1ccc(Cl)cc1C(F)(F)F)OC[C@H]1N=C(c2ccccc2)c2ccccc2N(CCCC[C@@H]2CC(Br)=NO2)C1=O.O=C(Nc1ccc(Cl)cc1C(F)(F)F)OC[C@H]1N=C(c2ccccc2)c2ccccc2N(CCCC[C@H]2CC(Br)=NO2)C1=O. The molecule has 88 heavy (non-hydrogen) atoms. The average Bonchev–Trinajstić information content (AvgIpc) is 3.22. The molecule has 4 aliphatic rings. The van der Waals surface area contributed by atoms with Gasteiger partial charge in [0.05, 0.1) is 45.3 Å². The number of benzodiazepines with no additional fused rings is 2. The maximum absolute atomic E-state index is 14.0. The maximum atomic E-state index is 14.0. The summed E-state index contributed by atoms with van der Waals surface area (Å²) in [5, 5.41) is 11.8. The summed E-state index contributed by atoms with van der Waals surface area (Å²) in [5.41, 5.74) is 2.05. The van der Waals surface area contributed by atoms with Crippen LogP contribution < -0.4 is 20.4 Å². The van der Waals surface area contributed by atoms with Crippen molar-refractivity contribution in [3.63, 3.8) is 0 Å². The highest BCUT2D eigenvalue weighted by atomic mass is 79.9. The van der Waals surface area contributed by atoms with E-state index in [-0.39, 0.29) is 22.3 Å². The molecule has 0 aliphatic carbocycles. The summed E-state index contributed by atoms with van der Waals surface area (Å²) in [5.74, 6) is -0.802. The lowest BCUT2D eigenvalue weighted by molar-refractivity contribution is -0.137. The van der Waals surface area contributed by atoms with Crippen molar-refractivity contribution in [3.05, 3.63) is 189 Å². The van der Waals surface area contributed by atoms with Gasteiger partial charge >= 0.3 is 24.5 Å². The van der Waals surface area contributed by atoms with Crippen LogP contribution in [-0.4, -0.2) is 95.3 Å². The number of ether oxygens (including phenoxy) is 2. The molecule has 6 aromatic carbocycles. The molecule has 6 aromatic rings. The van der Waals surface area contributed by atoms with E-state index < -0.39 is 84.2 Å². The van der Waals surface area contributed by atoms with Gasteiger partial charge in [0.2, 0.25) is 0 Å². The van der Waals surface area contributed by atoms with Crippen molar-refractivity contribution >= 4 is 122 Å².